The summed E-state index contributed by atoms with van der Waals surface area (Å²) in [5, 5.41) is 11.0. The first-order chi connectivity index (χ1) is 10.7. The molecule has 1 aromatic heterocycles. The van der Waals surface area contributed by atoms with Crippen LogP contribution in [0.1, 0.15) is 16.1 Å². The van der Waals surface area contributed by atoms with Gasteiger partial charge in [0.2, 0.25) is 0 Å². The highest BCUT2D eigenvalue weighted by Gasteiger charge is 2.19. The molecule has 0 aliphatic carbocycles. The SMILES string of the molecule is O=C(OCc1ccc(Cl)cc1)c1n[nH]nc1-c1ccccc1. The van der Waals surface area contributed by atoms with Crippen LogP contribution in [0.25, 0.3) is 11.3 Å². The zero-order valence-electron chi connectivity index (χ0n) is 11.5. The summed E-state index contributed by atoms with van der Waals surface area (Å²) < 4.78 is 5.27. The molecule has 0 saturated heterocycles. The van der Waals surface area contributed by atoms with E-state index in [2.05, 4.69) is 15.4 Å². The van der Waals surface area contributed by atoms with E-state index in [0.717, 1.165) is 11.1 Å². The Kier molecular flexibility index (Phi) is 4.16. The highest BCUT2D eigenvalue weighted by Crippen LogP contribution is 2.20. The topological polar surface area (TPSA) is 67.9 Å². The molecule has 6 heteroatoms. The van der Waals surface area contributed by atoms with Gasteiger partial charge in [-0.15, -0.1) is 5.10 Å². The van der Waals surface area contributed by atoms with Crippen molar-refractivity contribution in [2.75, 3.05) is 0 Å². The Morgan fingerprint density at radius 2 is 1.77 bits per heavy atom. The summed E-state index contributed by atoms with van der Waals surface area (Å²) in [5.41, 5.74) is 2.29. The molecule has 0 bridgehead atoms. The molecule has 0 atom stereocenters. The minimum Gasteiger partial charge on any atom is -0.456 e. The van der Waals surface area contributed by atoms with Crippen molar-refractivity contribution in [1.29, 1.82) is 0 Å². The molecule has 110 valence electrons. The van der Waals surface area contributed by atoms with E-state index in [1.807, 2.05) is 30.3 Å². The second kappa shape index (κ2) is 6.41. The Morgan fingerprint density at radius 3 is 2.50 bits per heavy atom. The van der Waals surface area contributed by atoms with Crippen LogP contribution in [0.15, 0.2) is 54.6 Å². The van der Waals surface area contributed by atoms with Crippen molar-refractivity contribution in [3.05, 3.63) is 70.9 Å². The fraction of sp³-hybridized carbons (Fsp3) is 0.0625. The molecule has 3 rings (SSSR count). The molecule has 22 heavy (non-hydrogen) atoms. The number of benzene rings is 2. The fourth-order valence-electron chi connectivity index (χ4n) is 1.97. The molecule has 0 saturated carbocycles. The van der Waals surface area contributed by atoms with Gasteiger partial charge in [0, 0.05) is 10.6 Å². The summed E-state index contributed by atoms with van der Waals surface area (Å²) in [6, 6.07) is 16.4. The predicted octanol–water partition coefficient (Wildman–Crippen LogP) is 3.48. The third-order valence-corrected chi connectivity index (χ3v) is 3.32. The number of hydrogen-bond donors (Lipinski definition) is 1. The molecule has 0 aliphatic rings. The zero-order chi connectivity index (χ0) is 15.4. The largest absolute Gasteiger partial charge is 0.456 e. The minimum atomic E-state index is -0.525. The van der Waals surface area contributed by atoms with Crippen molar-refractivity contribution in [3.8, 4) is 11.3 Å². The number of aromatic amines is 1. The van der Waals surface area contributed by atoms with Gasteiger partial charge in [-0.05, 0) is 17.7 Å². The highest BCUT2D eigenvalue weighted by atomic mass is 35.5. The minimum absolute atomic E-state index is 0.150. The number of carbonyl (C=O) groups is 1. The first-order valence-electron chi connectivity index (χ1n) is 6.62. The number of ether oxygens (including phenoxy) is 1. The van der Waals surface area contributed by atoms with Gasteiger partial charge in [0.15, 0.2) is 5.69 Å². The first kappa shape index (κ1) is 14.3. The van der Waals surface area contributed by atoms with Crippen molar-refractivity contribution >= 4 is 17.6 Å². The molecule has 0 spiro atoms. The summed E-state index contributed by atoms with van der Waals surface area (Å²) in [5.74, 6) is -0.525. The normalized spacial score (nSPS) is 10.4. The van der Waals surface area contributed by atoms with Gasteiger partial charge in [-0.3, -0.25) is 0 Å². The predicted molar refractivity (Wildman–Crippen MR) is 82.4 cm³/mol. The summed E-state index contributed by atoms with van der Waals surface area (Å²) in [4.78, 5) is 12.2. The van der Waals surface area contributed by atoms with E-state index in [4.69, 9.17) is 16.3 Å². The number of hydrogen-bond acceptors (Lipinski definition) is 4. The molecule has 2 aromatic carbocycles. The van der Waals surface area contributed by atoms with Crippen molar-refractivity contribution in [2.45, 2.75) is 6.61 Å². The van der Waals surface area contributed by atoms with Crippen LogP contribution in [0.4, 0.5) is 0 Å². The van der Waals surface area contributed by atoms with Crippen LogP contribution in [0, 0.1) is 0 Å². The fourth-order valence-corrected chi connectivity index (χ4v) is 2.09. The van der Waals surface area contributed by atoms with Crippen LogP contribution in [0.5, 0.6) is 0 Å². The van der Waals surface area contributed by atoms with Crippen molar-refractivity contribution in [3.63, 3.8) is 0 Å². The van der Waals surface area contributed by atoms with Crippen LogP contribution < -0.4 is 0 Å². The summed E-state index contributed by atoms with van der Waals surface area (Å²) in [6.07, 6.45) is 0. The molecule has 0 amide bonds. The van der Waals surface area contributed by atoms with E-state index in [0.29, 0.717) is 10.7 Å². The number of nitrogens with zero attached hydrogens (tertiary/aromatic N) is 2. The van der Waals surface area contributed by atoms with Crippen molar-refractivity contribution < 1.29 is 9.53 Å². The number of H-pyrrole nitrogens is 1. The molecule has 0 radical (unpaired) electrons. The van der Waals surface area contributed by atoms with Crippen molar-refractivity contribution in [2.24, 2.45) is 0 Å². The average Bonchev–Trinajstić information content (AvgIpc) is 3.04. The molecule has 1 heterocycles. The van der Waals surface area contributed by atoms with E-state index in [1.165, 1.54) is 0 Å². The van der Waals surface area contributed by atoms with E-state index in [9.17, 15) is 4.79 Å². The van der Waals surface area contributed by atoms with Crippen LogP contribution in [0.3, 0.4) is 0 Å². The Bertz CT molecular complexity index is 770. The van der Waals surface area contributed by atoms with E-state index in [-0.39, 0.29) is 12.3 Å². The van der Waals surface area contributed by atoms with Crippen LogP contribution >= 0.6 is 11.6 Å². The number of aromatic nitrogens is 3. The second-order valence-electron chi connectivity index (χ2n) is 4.59. The third kappa shape index (κ3) is 3.15. The maximum Gasteiger partial charge on any atom is 0.361 e. The third-order valence-electron chi connectivity index (χ3n) is 3.07. The smallest absolute Gasteiger partial charge is 0.361 e. The van der Waals surface area contributed by atoms with E-state index in [1.54, 1.807) is 24.3 Å². The number of nitrogens with one attached hydrogen (secondary N) is 1. The maximum absolute atomic E-state index is 12.2. The Hall–Kier alpha value is -2.66. The summed E-state index contributed by atoms with van der Waals surface area (Å²) >= 11 is 5.81. The molecule has 0 fully saturated rings. The Balaban J connectivity index is 1.73. The molecule has 1 N–H and O–H groups in total. The maximum atomic E-state index is 12.2. The standard InChI is InChI=1S/C16H12ClN3O2/c17-13-8-6-11(7-9-13)10-22-16(21)15-14(18-20-19-15)12-4-2-1-3-5-12/h1-9H,10H2,(H,18,19,20). The monoisotopic (exact) mass is 313 g/mol. The van der Waals surface area contributed by atoms with Gasteiger partial charge in [-0.2, -0.15) is 10.3 Å². The molecular weight excluding hydrogens is 302 g/mol. The molecule has 0 unspecified atom stereocenters. The number of rotatable bonds is 4. The molecule has 5 nitrogen and oxygen atoms in total. The zero-order valence-corrected chi connectivity index (χ0v) is 12.2. The lowest BCUT2D eigenvalue weighted by Crippen LogP contribution is -2.07. The number of esters is 1. The lowest BCUT2D eigenvalue weighted by molar-refractivity contribution is 0.0466. The molecule has 0 aliphatic heterocycles. The quantitative estimate of drug-likeness (QED) is 0.749. The van der Waals surface area contributed by atoms with Gasteiger partial charge in [-0.25, -0.2) is 4.79 Å². The Morgan fingerprint density at radius 1 is 1.05 bits per heavy atom. The Labute approximate surface area is 131 Å². The highest BCUT2D eigenvalue weighted by molar-refractivity contribution is 6.30. The number of halogens is 1. The number of carbonyl (C=O) groups excluding carboxylic acids is 1. The van der Waals surface area contributed by atoms with Gasteiger partial charge in [0.25, 0.3) is 0 Å². The second-order valence-corrected chi connectivity index (χ2v) is 5.03. The van der Waals surface area contributed by atoms with Gasteiger partial charge >= 0.3 is 5.97 Å². The van der Waals surface area contributed by atoms with Gasteiger partial charge in [-0.1, -0.05) is 54.1 Å². The van der Waals surface area contributed by atoms with Gasteiger partial charge in [0.05, 0.1) is 0 Å². The van der Waals surface area contributed by atoms with Crippen LogP contribution in [-0.4, -0.2) is 21.4 Å². The van der Waals surface area contributed by atoms with Gasteiger partial charge in [0.1, 0.15) is 12.3 Å². The van der Waals surface area contributed by atoms with Crippen LogP contribution in [0.2, 0.25) is 5.02 Å². The lowest BCUT2D eigenvalue weighted by Gasteiger charge is -2.04. The first-order valence-corrected chi connectivity index (χ1v) is 6.99. The average molecular weight is 314 g/mol. The van der Waals surface area contributed by atoms with Crippen LogP contribution in [-0.2, 0) is 11.3 Å². The lowest BCUT2D eigenvalue weighted by atomic mass is 10.1. The van der Waals surface area contributed by atoms with Gasteiger partial charge < -0.3 is 4.74 Å². The summed E-state index contributed by atoms with van der Waals surface area (Å²) in [7, 11) is 0. The van der Waals surface area contributed by atoms with E-state index >= 15 is 0 Å². The van der Waals surface area contributed by atoms with E-state index < -0.39 is 5.97 Å². The molecular formula is C16H12ClN3O2. The summed E-state index contributed by atoms with van der Waals surface area (Å²) in [6.45, 7) is 0.150. The van der Waals surface area contributed by atoms with Crippen molar-refractivity contribution in [1.82, 2.24) is 15.4 Å². The molecule has 3 aromatic rings.